The van der Waals surface area contributed by atoms with Crippen molar-refractivity contribution in [1.29, 1.82) is 0 Å². The highest BCUT2D eigenvalue weighted by Gasteiger charge is 2.25. The molecule has 1 aromatic rings. The molecule has 0 radical (unpaired) electrons. The molecule has 2 unspecified atom stereocenters. The average Bonchev–Trinajstić information content (AvgIpc) is 2.38. The number of nitrogens with zero attached hydrogens (tertiary/aromatic N) is 1. The molecule has 0 saturated carbocycles. The summed E-state index contributed by atoms with van der Waals surface area (Å²) in [6.07, 6.45) is 1.78. The maximum atomic E-state index is 12.3. The van der Waals surface area contributed by atoms with Gasteiger partial charge in [0.2, 0.25) is 10.0 Å². The van der Waals surface area contributed by atoms with Gasteiger partial charge in [-0.3, -0.25) is 10.1 Å². The molecule has 0 aromatic heterocycles. The molecule has 0 aliphatic carbocycles. The van der Waals surface area contributed by atoms with E-state index in [0.29, 0.717) is 5.56 Å². The number of hydrogen-bond acceptors (Lipinski definition) is 6. The van der Waals surface area contributed by atoms with E-state index < -0.39 is 21.0 Å². The Bertz CT molecular complexity index is 614. The van der Waals surface area contributed by atoms with Crippen molar-refractivity contribution >= 4 is 27.5 Å². The van der Waals surface area contributed by atoms with Crippen molar-refractivity contribution in [3.63, 3.8) is 0 Å². The fourth-order valence-electron chi connectivity index (χ4n) is 1.87. The van der Waals surface area contributed by atoms with Gasteiger partial charge in [-0.05, 0) is 31.7 Å². The summed E-state index contributed by atoms with van der Waals surface area (Å²) in [5.74, 6) is 0. The molecular weight excluding hydrogens is 316 g/mol. The molecule has 118 valence electrons. The van der Waals surface area contributed by atoms with Crippen LogP contribution < -0.4 is 4.72 Å². The van der Waals surface area contributed by atoms with E-state index in [1.807, 2.05) is 0 Å². The summed E-state index contributed by atoms with van der Waals surface area (Å²) in [6.45, 7) is 3.02. The summed E-state index contributed by atoms with van der Waals surface area (Å²) in [4.78, 5) is 10.1. The minimum Gasteiger partial charge on any atom is -0.395 e. The highest BCUT2D eigenvalue weighted by molar-refractivity contribution is 7.99. The van der Waals surface area contributed by atoms with Gasteiger partial charge in [-0.1, -0.05) is 0 Å². The lowest BCUT2D eigenvalue weighted by molar-refractivity contribution is -0.385. The average molecular weight is 334 g/mol. The maximum absolute atomic E-state index is 12.3. The number of aryl methyl sites for hydroxylation is 1. The van der Waals surface area contributed by atoms with Gasteiger partial charge in [-0.25, -0.2) is 13.1 Å². The predicted octanol–water partition coefficient (Wildman–Crippen LogP) is 1.29. The molecule has 1 rings (SSSR count). The van der Waals surface area contributed by atoms with Crippen molar-refractivity contribution in [2.24, 2.45) is 0 Å². The first-order valence-corrected chi connectivity index (χ1v) is 8.91. The molecule has 0 saturated heterocycles. The minimum absolute atomic E-state index is 0.00209. The summed E-state index contributed by atoms with van der Waals surface area (Å²) in [7, 11) is -3.79. The number of thioether (sulfide) groups is 1. The zero-order chi connectivity index (χ0) is 16.2. The van der Waals surface area contributed by atoms with Crippen LogP contribution in [0.3, 0.4) is 0 Å². The lowest BCUT2D eigenvalue weighted by Gasteiger charge is -2.21. The number of non-ortho nitro benzene ring substituents is 1. The van der Waals surface area contributed by atoms with E-state index in [2.05, 4.69) is 4.72 Å². The maximum Gasteiger partial charge on any atom is 0.269 e. The summed E-state index contributed by atoms with van der Waals surface area (Å²) >= 11 is 1.36. The molecule has 0 amide bonds. The van der Waals surface area contributed by atoms with Crippen LogP contribution in [0, 0.1) is 17.0 Å². The van der Waals surface area contributed by atoms with E-state index in [0.717, 1.165) is 6.07 Å². The number of benzene rings is 1. The van der Waals surface area contributed by atoms with Gasteiger partial charge in [0.25, 0.3) is 5.69 Å². The summed E-state index contributed by atoms with van der Waals surface area (Å²) in [5, 5.41) is 19.6. The van der Waals surface area contributed by atoms with E-state index in [-0.39, 0.29) is 22.4 Å². The molecule has 9 heteroatoms. The second kappa shape index (κ2) is 7.21. The van der Waals surface area contributed by atoms with Gasteiger partial charge in [0.15, 0.2) is 0 Å². The second-order valence-corrected chi connectivity index (χ2v) is 7.33. The fourth-order valence-corrected chi connectivity index (χ4v) is 4.09. The fraction of sp³-hybridized carbons (Fsp3) is 0.500. The van der Waals surface area contributed by atoms with Crippen molar-refractivity contribution in [2.45, 2.75) is 30.0 Å². The van der Waals surface area contributed by atoms with Gasteiger partial charge < -0.3 is 5.11 Å². The summed E-state index contributed by atoms with van der Waals surface area (Å²) < 4.78 is 27.1. The van der Waals surface area contributed by atoms with Gasteiger partial charge in [-0.2, -0.15) is 11.8 Å². The van der Waals surface area contributed by atoms with Crippen LogP contribution in [0.25, 0.3) is 0 Å². The van der Waals surface area contributed by atoms with Crippen molar-refractivity contribution in [3.8, 4) is 0 Å². The Kier molecular flexibility index (Phi) is 6.14. The topological polar surface area (TPSA) is 110 Å². The van der Waals surface area contributed by atoms with E-state index >= 15 is 0 Å². The number of rotatable bonds is 7. The third kappa shape index (κ3) is 4.40. The van der Waals surface area contributed by atoms with Gasteiger partial charge in [0.05, 0.1) is 16.4 Å². The monoisotopic (exact) mass is 334 g/mol. The standard InChI is InChI=1S/C12H18N2O5S2/c1-8-6-10(14(16)17)4-5-12(8)21(18,19)13-9(2)11(7-15)20-3/h4-6,9,11,13,15H,7H2,1-3H3. The molecule has 0 aliphatic heterocycles. The normalized spacial score (nSPS) is 14.7. The Hall–Kier alpha value is -1.16. The molecule has 7 nitrogen and oxygen atoms in total. The van der Waals surface area contributed by atoms with E-state index in [1.165, 1.54) is 30.8 Å². The highest BCUT2D eigenvalue weighted by Crippen LogP contribution is 2.22. The second-order valence-electron chi connectivity index (χ2n) is 4.57. The van der Waals surface area contributed by atoms with E-state index in [4.69, 9.17) is 0 Å². The Labute approximate surface area is 128 Å². The minimum atomic E-state index is -3.79. The van der Waals surface area contributed by atoms with E-state index in [9.17, 15) is 23.6 Å². The number of nitro benzene ring substituents is 1. The van der Waals surface area contributed by atoms with Crippen molar-refractivity contribution in [3.05, 3.63) is 33.9 Å². The van der Waals surface area contributed by atoms with Crippen LogP contribution in [0.5, 0.6) is 0 Å². The highest BCUT2D eigenvalue weighted by atomic mass is 32.2. The molecule has 21 heavy (non-hydrogen) atoms. The Morgan fingerprint density at radius 2 is 2.10 bits per heavy atom. The van der Waals surface area contributed by atoms with Gasteiger partial charge in [0, 0.05) is 23.4 Å². The van der Waals surface area contributed by atoms with Crippen LogP contribution >= 0.6 is 11.8 Å². The molecule has 1 aromatic carbocycles. The van der Waals surface area contributed by atoms with Crippen LogP contribution in [0.2, 0.25) is 0 Å². The SMILES string of the molecule is CSC(CO)C(C)NS(=O)(=O)c1ccc([N+](=O)[O-])cc1C. The van der Waals surface area contributed by atoms with Crippen LogP contribution in [0.1, 0.15) is 12.5 Å². The predicted molar refractivity (Wildman–Crippen MR) is 82.0 cm³/mol. The Balaban J connectivity index is 3.06. The molecule has 0 spiro atoms. The van der Waals surface area contributed by atoms with Gasteiger partial charge in [-0.15, -0.1) is 0 Å². The molecule has 0 bridgehead atoms. The lowest BCUT2D eigenvalue weighted by atomic mass is 10.2. The van der Waals surface area contributed by atoms with Crippen molar-refractivity contribution in [1.82, 2.24) is 4.72 Å². The quantitative estimate of drug-likeness (QED) is 0.574. The zero-order valence-electron chi connectivity index (χ0n) is 11.9. The van der Waals surface area contributed by atoms with Crippen LogP contribution in [0.4, 0.5) is 5.69 Å². The van der Waals surface area contributed by atoms with Crippen LogP contribution in [-0.2, 0) is 10.0 Å². The number of nitro groups is 1. The number of hydrogen-bond donors (Lipinski definition) is 2. The number of nitrogens with one attached hydrogen (secondary N) is 1. The van der Waals surface area contributed by atoms with Crippen molar-refractivity contribution < 1.29 is 18.4 Å². The first-order chi connectivity index (χ1) is 9.72. The largest absolute Gasteiger partial charge is 0.395 e. The number of aliphatic hydroxyl groups is 1. The van der Waals surface area contributed by atoms with E-state index in [1.54, 1.807) is 13.2 Å². The summed E-state index contributed by atoms with van der Waals surface area (Å²) in [6, 6.07) is 3.13. The lowest BCUT2D eigenvalue weighted by Crippen LogP contribution is -2.41. The molecule has 2 N–H and O–H groups in total. The van der Waals surface area contributed by atoms with Crippen LogP contribution in [0.15, 0.2) is 23.1 Å². The number of aliphatic hydroxyl groups excluding tert-OH is 1. The molecular formula is C12H18N2O5S2. The Morgan fingerprint density at radius 3 is 2.52 bits per heavy atom. The van der Waals surface area contributed by atoms with Crippen LogP contribution in [-0.4, -0.2) is 42.6 Å². The Morgan fingerprint density at radius 1 is 1.48 bits per heavy atom. The molecule has 2 atom stereocenters. The smallest absolute Gasteiger partial charge is 0.269 e. The van der Waals surface area contributed by atoms with Crippen molar-refractivity contribution in [2.75, 3.05) is 12.9 Å². The first kappa shape index (κ1) is 17.9. The molecule has 0 fully saturated rings. The number of sulfonamides is 1. The third-order valence-electron chi connectivity index (χ3n) is 3.04. The first-order valence-electron chi connectivity index (χ1n) is 6.14. The molecule has 0 heterocycles. The third-order valence-corrected chi connectivity index (χ3v) is 5.92. The van der Waals surface area contributed by atoms with Gasteiger partial charge >= 0.3 is 0 Å². The summed E-state index contributed by atoms with van der Waals surface area (Å²) in [5.41, 5.74) is 0.144. The molecule has 0 aliphatic rings. The zero-order valence-corrected chi connectivity index (χ0v) is 13.6. The van der Waals surface area contributed by atoms with Gasteiger partial charge in [0.1, 0.15) is 0 Å².